The number of rotatable bonds is 3. The van der Waals surface area contributed by atoms with Crippen molar-refractivity contribution in [1.29, 1.82) is 0 Å². The number of fused-ring (bicyclic) bond motifs is 1. The van der Waals surface area contributed by atoms with E-state index in [1.165, 1.54) is 6.26 Å². The molecule has 0 bridgehead atoms. The minimum atomic E-state index is -3.22. The van der Waals surface area contributed by atoms with E-state index in [-0.39, 0.29) is 5.92 Å². The van der Waals surface area contributed by atoms with Crippen LogP contribution in [0.2, 0.25) is 0 Å². The lowest BCUT2D eigenvalue weighted by atomic mass is 9.89. The number of pyridine rings is 1. The zero-order valence-corrected chi connectivity index (χ0v) is 18.4. The van der Waals surface area contributed by atoms with E-state index >= 15 is 0 Å². The molecule has 1 unspecified atom stereocenters. The van der Waals surface area contributed by atoms with Gasteiger partial charge in [0, 0.05) is 43.7 Å². The van der Waals surface area contributed by atoms with Gasteiger partial charge in [-0.3, -0.25) is 4.68 Å². The zero-order valence-electron chi connectivity index (χ0n) is 16.0. The SMILES string of the molecule is C[C@H]1CCC(c2cc(C3(S(C)(=O)=O)CC3)c3c(n2)c(Br)nn3C)CCOC1. The molecule has 0 radical (unpaired) electrons. The van der Waals surface area contributed by atoms with Crippen LogP contribution in [-0.4, -0.2) is 42.7 Å². The first kappa shape index (κ1) is 19.3. The standard InChI is InChI=1S/C19H26BrN3O3S/c1-12-4-5-13(6-9-26-11-12)15-10-14(19(7-8-19)27(3,24)25)17-16(21-15)18(20)22-23(17)2/h10,12-13H,4-9,11H2,1-3H3/t12-,13?/m0/s1. The van der Waals surface area contributed by atoms with E-state index in [4.69, 9.17) is 9.72 Å². The highest BCUT2D eigenvalue weighted by Crippen LogP contribution is 2.54. The summed E-state index contributed by atoms with van der Waals surface area (Å²) < 4.78 is 32.7. The predicted octanol–water partition coefficient (Wildman–Crippen LogP) is 3.68. The molecule has 4 rings (SSSR count). The summed E-state index contributed by atoms with van der Waals surface area (Å²) in [5.41, 5.74) is 3.42. The van der Waals surface area contributed by atoms with Crippen molar-refractivity contribution in [2.45, 2.75) is 49.7 Å². The molecule has 0 N–H and O–H groups in total. The van der Waals surface area contributed by atoms with Crippen LogP contribution in [0.25, 0.3) is 11.0 Å². The lowest BCUT2D eigenvalue weighted by molar-refractivity contribution is 0.0808. The molecule has 3 heterocycles. The maximum atomic E-state index is 12.6. The normalized spacial score (nSPS) is 25.9. The Kier molecular flexibility index (Phi) is 4.88. The Morgan fingerprint density at radius 3 is 2.70 bits per heavy atom. The van der Waals surface area contributed by atoms with Crippen molar-refractivity contribution in [3.05, 3.63) is 21.9 Å². The smallest absolute Gasteiger partial charge is 0.157 e. The van der Waals surface area contributed by atoms with E-state index in [0.29, 0.717) is 23.4 Å². The van der Waals surface area contributed by atoms with Gasteiger partial charge in [0.15, 0.2) is 14.4 Å². The van der Waals surface area contributed by atoms with Gasteiger partial charge in [-0.25, -0.2) is 13.4 Å². The van der Waals surface area contributed by atoms with Gasteiger partial charge in [0.1, 0.15) is 5.52 Å². The fourth-order valence-corrected chi connectivity index (χ4v) is 6.20. The molecular weight excluding hydrogens is 430 g/mol. The first-order chi connectivity index (χ1) is 12.7. The largest absolute Gasteiger partial charge is 0.381 e. The number of ether oxygens (including phenoxy) is 1. The number of sulfone groups is 1. The number of hydrogen-bond donors (Lipinski definition) is 0. The van der Waals surface area contributed by atoms with Gasteiger partial charge in [-0.2, -0.15) is 5.10 Å². The van der Waals surface area contributed by atoms with E-state index in [9.17, 15) is 8.42 Å². The first-order valence-corrected chi connectivity index (χ1v) is 12.2. The zero-order chi connectivity index (χ0) is 19.4. The minimum Gasteiger partial charge on any atom is -0.381 e. The summed E-state index contributed by atoms with van der Waals surface area (Å²) in [5.74, 6) is 0.810. The van der Waals surface area contributed by atoms with Gasteiger partial charge in [0.25, 0.3) is 0 Å². The molecule has 0 amide bonds. The molecule has 8 heteroatoms. The van der Waals surface area contributed by atoms with Gasteiger partial charge in [-0.05, 0) is 60.0 Å². The van der Waals surface area contributed by atoms with Crippen LogP contribution in [0.5, 0.6) is 0 Å². The second kappa shape index (κ2) is 6.81. The average Bonchev–Trinajstić information content (AvgIpc) is 3.34. The second-order valence-electron chi connectivity index (χ2n) is 8.22. The van der Waals surface area contributed by atoms with Gasteiger partial charge in [-0.1, -0.05) is 6.92 Å². The maximum Gasteiger partial charge on any atom is 0.157 e. The third-order valence-corrected chi connectivity index (χ3v) is 8.70. The van der Waals surface area contributed by atoms with Gasteiger partial charge in [-0.15, -0.1) is 0 Å². The Bertz CT molecular complexity index is 982. The Labute approximate surface area is 168 Å². The van der Waals surface area contributed by atoms with Crippen molar-refractivity contribution in [2.24, 2.45) is 13.0 Å². The molecule has 2 atom stereocenters. The Morgan fingerprint density at radius 2 is 2.04 bits per heavy atom. The van der Waals surface area contributed by atoms with E-state index in [1.807, 2.05) is 13.1 Å². The van der Waals surface area contributed by atoms with Gasteiger partial charge < -0.3 is 4.74 Å². The highest BCUT2D eigenvalue weighted by Gasteiger charge is 2.55. The van der Waals surface area contributed by atoms with Crippen molar-refractivity contribution in [3.8, 4) is 0 Å². The van der Waals surface area contributed by atoms with Crippen molar-refractivity contribution in [1.82, 2.24) is 14.8 Å². The summed E-state index contributed by atoms with van der Waals surface area (Å²) >= 11 is 3.52. The van der Waals surface area contributed by atoms with E-state index in [2.05, 4.69) is 28.0 Å². The molecule has 0 spiro atoms. The Balaban J connectivity index is 1.87. The summed E-state index contributed by atoms with van der Waals surface area (Å²) in [6.07, 6.45) is 5.73. The molecule has 2 aliphatic rings. The van der Waals surface area contributed by atoms with Crippen LogP contribution in [0.3, 0.4) is 0 Å². The highest BCUT2D eigenvalue weighted by molar-refractivity contribution is 9.10. The van der Waals surface area contributed by atoms with Gasteiger partial charge in [0.2, 0.25) is 0 Å². The molecule has 6 nitrogen and oxygen atoms in total. The first-order valence-electron chi connectivity index (χ1n) is 9.54. The predicted molar refractivity (Wildman–Crippen MR) is 109 cm³/mol. The minimum absolute atomic E-state index is 0.276. The number of aryl methyl sites for hydroxylation is 1. The Morgan fingerprint density at radius 1 is 1.30 bits per heavy atom. The van der Waals surface area contributed by atoms with Crippen LogP contribution in [0.15, 0.2) is 10.7 Å². The van der Waals surface area contributed by atoms with E-state index in [1.54, 1.807) is 4.68 Å². The third kappa shape index (κ3) is 3.34. The molecule has 0 aromatic carbocycles. The number of aromatic nitrogens is 3. The van der Waals surface area contributed by atoms with Crippen LogP contribution in [0.4, 0.5) is 0 Å². The summed E-state index contributed by atoms with van der Waals surface area (Å²) in [4.78, 5) is 4.92. The van der Waals surface area contributed by atoms with Crippen molar-refractivity contribution in [3.63, 3.8) is 0 Å². The molecule has 27 heavy (non-hydrogen) atoms. The highest BCUT2D eigenvalue weighted by atomic mass is 79.9. The number of hydrogen-bond acceptors (Lipinski definition) is 5. The molecule has 1 aliphatic carbocycles. The van der Waals surface area contributed by atoms with Crippen LogP contribution in [-0.2, 0) is 26.4 Å². The molecule has 1 saturated heterocycles. The third-order valence-electron chi connectivity index (χ3n) is 6.11. The fraction of sp³-hybridized carbons (Fsp3) is 0.684. The van der Waals surface area contributed by atoms with Crippen molar-refractivity contribution in [2.75, 3.05) is 19.5 Å². The summed E-state index contributed by atoms with van der Waals surface area (Å²) in [6.45, 7) is 3.75. The quantitative estimate of drug-likeness (QED) is 0.705. The summed E-state index contributed by atoms with van der Waals surface area (Å²) in [6, 6.07) is 2.04. The van der Waals surface area contributed by atoms with Crippen LogP contribution < -0.4 is 0 Å². The van der Waals surface area contributed by atoms with Crippen LogP contribution >= 0.6 is 15.9 Å². The molecule has 1 saturated carbocycles. The second-order valence-corrected chi connectivity index (χ2v) is 11.3. The van der Waals surface area contributed by atoms with Crippen molar-refractivity contribution >= 4 is 36.8 Å². The molecule has 1 aliphatic heterocycles. The average molecular weight is 456 g/mol. The molecule has 2 fully saturated rings. The summed E-state index contributed by atoms with van der Waals surface area (Å²) in [7, 11) is -1.37. The number of nitrogens with zero attached hydrogens (tertiary/aromatic N) is 3. The monoisotopic (exact) mass is 455 g/mol. The Hall–Kier alpha value is -0.990. The van der Waals surface area contributed by atoms with E-state index in [0.717, 1.165) is 54.8 Å². The molecule has 2 aromatic heterocycles. The van der Waals surface area contributed by atoms with Crippen molar-refractivity contribution < 1.29 is 13.2 Å². The lowest BCUT2D eigenvalue weighted by Gasteiger charge is -2.24. The van der Waals surface area contributed by atoms with Crippen LogP contribution in [0.1, 0.15) is 56.2 Å². The topological polar surface area (TPSA) is 74.1 Å². The fourth-order valence-electron chi connectivity index (χ4n) is 4.29. The van der Waals surface area contributed by atoms with E-state index < -0.39 is 14.6 Å². The number of halogens is 1. The van der Waals surface area contributed by atoms with Gasteiger partial charge in [0.05, 0.1) is 10.3 Å². The molecule has 2 aromatic rings. The van der Waals surface area contributed by atoms with Crippen LogP contribution in [0, 0.1) is 5.92 Å². The van der Waals surface area contributed by atoms with Gasteiger partial charge >= 0.3 is 0 Å². The molecule has 148 valence electrons. The summed E-state index contributed by atoms with van der Waals surface area (Å²) in [5, 5.41) is 4.46. The molecular formula is C19H26BrN3O3S. The maximum absolute atomic E-state index is 12.6. The lowest BCUT2D eigenvalue weighted by Crippen LogP contribution is -2.22.